The van der Waals surface area contributed by atoms with E-state index in [-0.39, 0.29) is 16.3 Å². The van der Waals surface area contributed by atoms with E-state index < -0.39 is 11.7 Å². The monoisotopic (exact) mass is 298 g/mol. The lowest BCUT2D eigenvalue weighted by atomic mass is 10.2. The summed E-state index contributed by atoms with van der Waals surface area (Å²) in [5.74, 6) is -1.11. The van der Waals surface area contributed by atoms with Crippen molar-refractivity contribution in [2.45, 2.75) is 0 Å². The molecule has 0 unspecified atom stereocenters. The van der Waals surface area contributed by atoms with Crippen LogP contribution in [0.5, 0.6) is 0 Å². The number of nitrogens with one attached hydrogen (secondary N) is 1. The van der Waals surface area contributed by atoms with Gasteiger partial charge >= 0.3 is 0 Å². The standard InChI is InChI=1S/C13H9Cl2FN2O/c14-7-1-3-9(10(15)5-7)13(19)18-12-6-8(17)2-4-11(12)16/h1-6H,17H2,(H,18,19). The van der Waals surface area contributed by atoms with Crippen molar-refractivity contribution in [2.24, 2.45) is 0 Å². The number of rotatable bonds is 2. The number of nitrogens with two attached hydrogens (primary N) is 1. The van der Waals surface area contributed by atoms with E-state index in [1.54, 1.807) is 0 Å². The highest BCUT2D eigenvalue weighted by Crippen LogP contribution is 2.23. The van der Waals surface area contributed by atoms with E-state index in [9.17, 15) is 9.18 Å². The summed E-state index contributed by atoms with van der Waals surface area (Å²) in [7, 11) is 0. The molecule has 0 aliphatic rings. The fraction of sp³-hybridized carbons (Fsp3) is 0. The van der Waals surface area contributed by atoms with Crippen molar-refractivity contribution in [2.75, 3.05) is 11.1 Å². The van der Waals surface area contributed by atoms with Crippen molar-refractivity contribution in [1.29, 1.82) is 0 Å². The number of hydrogen-bond donors (Lipinski definition) is 2. The summed E-state index contributed by atoms with van der Waals surface area (Å²) >= 11 is 11.6. The van der Waals surface area contributed by atoms with Crippen LogP contribution in [0.25, 0.3) is 0 Å². The molecule has 0 aliphatic heterocycles. The largest absolute Gasteiger partial charge is 0.399 e. The van der Waals surface area contributed by atoms with Crippen LogP contribution in [0.4, 0.5) is 15.8 Å². The summed E-state index contributed by atoms with van der Waals surface area (Å²) in [6, 6.07) is 8.34. The third kappa shape index (κ3) is 3.16. The first-order valence-corrected chi connectivity index (χ1v) is 6.04. The van der Waals surface area contributed by atoms with E-state index in [2.05, 4.69) is 5.32 Å². The molecule has 2 aromatic rings. The number of nitrogen functional groups attached to an aromatic ring is 1. The Balaban J connectivity index is 2.28. The molecule has 0 aromatic heterocycles. The number of hydrogen-bond acceptors (Lipinski definition) is 2. The predicted octanol–water partition coefficient (Wildman–Crippen LogP) is 3.97. The van der Waals surface area contributed by atoms with Gasteiger partial charge in [0, 0.05) is 10.7 Å². The molecule has 0 saturated carbocycles. The molecule has 6 heteroatoms. The predicted molar refractivity (Wildman–Crippen MR) is 75.2 cm³/mol. The van der Waals surface area contributed by atoms with Gasteiger partial charge in [-0.05, 0) is 36.4 Å². The zero-order valence-electron chi connectivity index (χ0n) is 9.58. The molecule has 98 valence electrons. The minimum Gasteiger partial charge on any atom is -0.399 e. The smallest absolute Gasteiger partial charge is 0.257 e. The maximum Gasteiger partial charge on any atom is 0.257 e. The normalized spacial score (nSPS) is 10.3. The van der Waals surface area contributed by atoms with E-state index in [0.717, 1.165) is 0 Å². The summed E-state index contributed by atoms with van der Waals surface area (Å²) in [5, 5.41) is 3.01. The van der Waals surface area contributed by atoms with Crippen LogP contribution in [0.15, 0.2) is 36.4 Å². The molecule has 0 fully saturated rings. The fourth-order valence-corrected chi connectivity index (χ4v) is 2.00. The molecule has 0 atom stereocenters. The average molecular weight is 299 g/mol. The highest BCUT2D eigenvalue weighted by Gasteiger charge is 2.13. The first-order valence-electron chi connectivity index (χ1n) is 5.29. The van der Waals surface area contributed by atoms with Crippen LogP contribution in [0.3, 0.4) is 0 Å². The average Bonchev–Trinajstić information content (AvgIpc) is 2.33. The van der Waals surface area contributed by atoms with Crippen LogP contribution in [0.2, 0.25) is 10.0 Å². The molecule has 0 bridgehead atoms. The summed E-state index contributed by atoms with van der Waals surface area (Å²) in [4.78, 5) is 12.0. The zero-order valence-corrected chi connectivity index (χ0v) is 11.1. The van der Waals surface area contributed by atoms with Gasteiger partial charge in [0.2, 0.25) is 0 Å². The summed E-state index contributed by atoms with van der Waals surface area (Å²) < 4.78 is 13.5. The third-order valence-electron chi connectivity index (χ3n) is 2.41. The molecule has 3 N–H and O–H groups in total. The molecular weight excluding hydrogens is 290 g/mol. The lowest BCUT2D eigenvalue weighted by Gasteiger charge is -2.08. The van der Waals surface area contributed by atoms with Gasteiger partial charge in [-0.25, -0.2) is 4.39 Å². The van der Waals surface area contributed by atoms with Crippen molar-refractivity contribution in [3.8, 4) is 0 Å². The Morgan fingerprint density at radius 1 is 1.16 bits per heavy atom. The number of amides is 1. The van der Waals surface area contributed by atoms with Crippen molar-refractivity contribution in [3.05, 3.63) is 57.8 Å². The number of halogens is 3. The highest BCUT2D eigenvalue weighted by atomic mass is 35.5. The zero-order chi connectivity index (χ0) is 14.0. The van der Waals surface area contributed by atoms with Gasteiger partial charge in [0.1, 0.15) is 5.82 Å². The second-order valence-corrected chi connectivity index (χ2v) is 4.66. The molecule has 0 heterocycles. The van der Waals surface area contributed by atoms with E-state index in [0.29, 0.717) is 10.7 Å². The van der Waals surface area contributed by atoms with Crippen LogP contribution < -0.4 is 11.1 Å². The van der Waals surface area contributed by atoms with Crippen LogP contribution in [0.1, 0.15) is 10.4 Å². The molecule has 0 saturated heterocycles. The Hall–Kier alpha value is -1.78. The first-order chi connectivity index (χ1) is 8.97. The van der Waals surface area contributed by atoms with Gasteiger partial charge in [0.05, 0.1) is 16.3 Å². The quantitative estimate of drug-likeness (QED) is 0.824. The molecule has 2 rings (SSSR count). The first kappa shape index (κ1) is 13.6. The second-order valence-electron chi connectivity index (χ2n) is 3.82. The van der Waals surface area contributed by atoms with Gasteiger partial charge in [-0.1, -0.05) is 23.2 Å². The number of carbonyl (C=O) groups is 1. The highest BCUT2D eigenvalue weighted by molar-refractivity contribution is 6.37. The fourth-order valence-electron chi connectivity index (χ4n) is 1.50. The molecule has 3 nitrogen and oxygen atoms in total. The maximum absolute atomic E-state index is 13.5. The molecule has 0 radical (unpaired) electrons. The van der Waals surface area contributed by atoms with E-state index >= 15 is 0 Å². The van der Waals surface area contributed by atoms with Crippen LogP contribution in [-0.4, -0.2) is 5.91 Å². The van der Waals surface area contributed by atoms with Crippen molar-refractivity contribution >= 4 is 40.5 Å². The molecule has 2 aromatic carbocycles. The summed E-state index contributed by atoms with van der Waals surface area (Å²) in [5.41, 5.74) is 6.07. The van der Waals surface area contributed by atoms with Crippen molar-refractivity contribution < 1.29 is 9.18 Å². The second kappa shape index (κ2) is 5.47. The summed E-state index contributed by atoms with van der Waals surface area (Å²) in [6.07, 6.45) is 0. The Morgan fingerprint density at radius 3 is 2.58 bits per heavy atom. The maximum atomic E-state index is 13.5. The third-order valence-corrected chi connectivity index (χ3v) is 2.96. The van der Waals surface area contributed by atoms with Gasteiger partial charge < -0.3 is 11.1 Å². The molecule has 19 heavy (non-hydrogen) atoms. The van der Waals surface area contributed by atoms with Crippen molar-refractivity contribution in [1.82, 2.24) is 0 Å². The summed E-state index contributed by atoms with van der Waals surface area (Å²) in [6.45, 7) is 0. The van der Waals surface area contributed by atoms with Gasteiger partial charge in [-0.15, -0.1) is 0 Å². The van der Waals surface area contributed by atoms with Crippen LogP contribution in [-0.2, 0) is 0 Å². The van der Waals surface area contributed by atoms with Gasteiger partial charge in [0.15, 0.2) is 0 Å². The topological polar surface area (TPSA) is 55.1 Å². The lowest BCUT2D eigenvalue weighted by Crippen LogP contribution is -2.13. The van der Waals surface area contributed by atoms with E-state index in [1.807, 2.05) is 0 Å². The SMILES string of the molecule is Nc1ccc(F)c(NC(=O)c2ccc(Cl)cc2Cl)c1. The Labute approximate surface area is 119 Å². The van der Waals surface area contributed by atoms with Crippen LogP contribution in [0, 0.1) is 5.82 Å². The Morgan fingerprint density at radius 2 is 1.89 bits per heavy atom. The van der Waals surface area contributed by atoms with Crippen LogP contribution >= 0.6 is 23.2 Å². The van der Waals surface area contributed by atoms with Gasteiger partial charge in [-0.2, -0.15) is 0 Å². The number of benzene rings is 2. The molecular formula is C13H9Cl2FN2O. The molecule has 0 spiro atoms. The van der Waals surface area contributed by atoms with E-state index in [4.69, 9.17) is 28.9 Å². The van der Waals surface area contributed by atoms with Gasteiger partial charge in [-0.3, -0.25) is 4.79 Å². The van der Waals surface area contributed by atoms with E-state index in [1.165, 1.54) is 36.4 Å². The Kier molecular flexibility index (Phi) is 3.93. The van der Waals surface area contributed by atoms with Gasteiger partial charge in [0.25, 0.3) is 5.91 Å². The lowest BCUT2D eigenvalue weighted by molar-refractivity contribution is 0.102. The molecule has 1 amide bonds. The minimum absolute atomic E-state index is 0.00369. The van der Waals surface area contributed by atoms with Crippen molar-refractivity contribution in [3.63, 3.8) is 0 Å². The number of anilines is 2. The number of carbonyl (C=O) groups excluding carboxylic acids is 1. The Bertz CT molecular complexity index is 647. The molecule has 0 aliphatic carbocycles. The minimum atomic E-state index is -0.576.